The Balaban J connectivity index is 1.48. The van der Waals surface area contributed by atoms with Crippen LogP contribution in [0.1, 0.15) is 12.8 Å². The number of hydrogen-bond acceptors (Lipinski definition) is 0. The second kappa shape index (κ2) is 9.72. The van der Waals surface area contributed by atoms with Crippen LogP contribution in [-0.4, -0.2) is 8.97 Å². The van der Waals surface area contributed by atoms with Gasteiger partial charge in [0.15, 0.2) is 0 Å². The summed E-state index contributed by atoms with van der Waals surface area (Å²) in [5.74, 6) is 0. The quantitative estimate of drug-likeness (QED) is 0.112. The van der Waals surface area contributed by atoms with Crippen molar-refractivity contribution in [3.8, 4) is 16.8 Å². The van der Waals surface area contributed by atoms with Crippen LogP contribution in [0.15, 0.2) is 146 Å². The van der Waals surface area contributed by atoms with E-state index >= 15 is 0 Å². The molecule has 6 aromatic carbocycles. The van der Waals surface area contributed by atoms with Gasteiger partial charge in [0.2, 0.25) is 0 Å². The predicted molar refractivity (Wildman–Crippen MR) is 189 cm³/mol. The molecule has 0 aliphatic heterocycles. The minimum absolute atomic E-state index is 0.945. The zero-order valence-electron chi connectivity index (χ0n) is 24.4. The van der Waals surface area contributed by atoms with Crippen LogP contribution in [0.3, 0.4) is 0 Å². The van der Waals surface area contributed by atoms with Gasteiger partial charge in [0.25, 0.3) is 0 Å². The third-order valence-electron chi connectivity index (χ3n) is 9.24. The smallest absolute Gasteiger partial charge is 0.0620 e. The van der Waals surface area contributed by atoms with Crippen LogP contribution in [0.2, 0.25) is 0 Å². The fourth-order valence-corrected chi connectivity index (χ4v) is 7.42. The highest BCUT2D eigenvalue weighted by atomic mass is 15.0. The summed E-state index contributed by atoms with van der Waals surface area (Å²) in [4.78, 5) is 0. The minimum atomic E-state index is 0.945. The number of nitrogens with zero attached hydrogens (tertiary/aromatic N) is 2. The van der Waals surface area contributed by atoms with Crippen LogP contribution in [0.4, 0.5) is 0 Å². The number of fused-ring (bicyclic) bond motifs is 9. The highest BCUT2D eigenvalue weighted by Gasteiger charge is 2.20. The monoisotopic (exact) mass is 562 g/mol. The van der Waals surface area contributed by atoms with E-state index in [4.69, 9.17) is 0 Å². The van der Waals surface area contributed by atoms with Crippen LogP contribution >= 0.6 is 0 Å². The van der Waals surface area contributed by atoms with E-state index < -0.39 is 0 Å². The predicted octanol–water partition coefficient (Wildman–Crippen LogP) is 10.6. The molecule has 208 valence electrons. The summed E-state index contributed by atoms with van der Waals surface area (Å²) in [6.45, 7) is 4.00. The molecule has 0 aliphatic carbocycles. The van der Waals surface area contributed by atoms with E-state index in [1.807, 2.05) is 6.08 Å². The first-order valence-corrected chi connectivity index (χ1v) is 15.4. The summed E-state index contributed by atoms with van der Waals surface area (Å²) in [6.07, 6.45) is 6.32. The number of allylic oxidation sites excluding steroid dienone is 1. The molecular weight excluding hydrogens is 532 g/mol. The molecule has 3 heterocycles. The summed E-state index contributed by atoms with van der Waals surface area (Å²) in [7, 11) is 0. The number of pyridine rings is 1. The highest BCUT2D eigenvalue weighted by molar-refractivity contribution is 6.31. The molecule has 2 nitrogen and oxygen atoms in total. The summed E-state index contributed by atoms with van der Waals surface area (Å²) in [5.41, 5.74) is 8.60. The Morgan fingerprint density at radius 1 is 0.500 bits per heavy atom. The lowest BCUT2D eigenvalue weighted by Crippen LogP contribution is -2.15. The van der Waals surface area contributed by atoms with Gasteiger partial charge in [0.1, 0.15) is 0 Å². The molecule has 0 spiro atoms. The molecule has 0 N–H and O–H groups in total. The van der Waals surface area contributed by atoms with E-state index in [0.29, 0.717) is 0 Å². The molecule has 0 unspecified atom stereocenters. The molecular formula is C42H30N2. The number of rotatable bonds is 5. The van der Waals surface area contributed by atoms with Crippen LogP contribution < -0.4 is 5.35 Å². The first-order valence-electron chi connectivity index (χ1n) is 15.4. The summed E-state index contributed by atoms with van der Waals surface area (Å²) < 4.78 is 4.95. The van der Waals surface area contributed by atoms with Crippen molar-refractivity contribution >= 4 is 65.8 Å². The normalized spacial score (nSPS) is 12.5. The molecule has 0 saturated carbocycles. The first kappa shape index (κ1) is 24.9. The number of benzene rings is 6. The molecule has 44 heavy (non-hydrogen) atoms. The third-order valence-corrected chi connectivity index (χ3v) is 9.24. The molecule has 3 aromatic heterocycles. The van der Waals surface area contributed by atoms with Gasteiger partial charge in [-0.15, -0.1) is 6.58 Å². The number of aromatic nitrogens is 2. The van der Waals surface area contributed by atoms with Gasteiger partial charge in [-0.1, -0.05) is 115 Å². The van der Waals surface area contributed by atoms with Crippen molar-refractivity contribution in [3.63, 3.8) is 0 Å². The van der Waals surface area contributed by atoms with Crippen molar-refractivity contribution in [2.75, 3.05) is 0 Å². The number of unbranched alkanes of at least 4 members (excludes halogenated alkanes) is 1. The van der Waals surface area contributed by atoms with Gasteiger partial charge >= 0.3 is 0 Å². The van der Waals surface area contributed by atoms with E-state index in [1.165, 1.54) is 81.9 Å². The fourth-order valence-electron chi connectivity index (χ4n) is 7.42. The maximum Gasteiger partial charge on any atom is 0.0620 e. The summed E-state index contributed by atoms with van der Waals surface area (Å²) in [5, 5.41) is 10.3. The summed E-state index contributed by atoms with van der Waals surface area (Å²) in [6, 6.07) is 48.8. The van der Waals surface area contributed by atoms with E-state index in [9.17, 15) is 0 Å². The van der Waals surface area contributed by atoms with Crippen molar-refractivity contribution < 1.29 is 0 Å². The molecule has 0 saturated heterocycles. The Labute approximate surface area is 255 Å². The van der Waals surface area contributed by atoms with E-state index in [1.54, 1.807) is 0 Å². The Morgan fingerprint density at radius 2 is 1.20 bits per heavy atom. The van der Waals surface area contributed by atoms with Gasteiger partial charge in [-0.2, -0.15) is 0 Å². The molecule has 9 rings (SSSR count). The van der Waals surface area contributed by atoms with Gasteiger partial charge in [-0.3, -0.25) is 0 Å². The van der Waals surface area contributed by atoms with Crippen molar-refractivity contribution in [3.05, 3.63) is 151 Å². The molecule has 0 radical (unpaired) electrons. The third kappa shape index (κ3) is 3.49. The number of hydrogen-bond donors (Lipinski definition) is 0. The molecule has 0 amide bonds. The largest absolute Gasteiger partial charge is 0.309 e. The van der Waals surface area contributed by atoms with E-state index in [2.05, 4.69) is 155 Å². The molecule has 0 fully saturated rings. The van der Waals surface area contributed by atoms with Crippen LogP contribution in [0.25, 0.3) is 82.7 Å². The second-order valence-electron chi connectivity index (χ2n) is 11.7. The lowest BCUT2D eigenvalue weighted by atomic mass is 9.98. The van der Waals surface area contributed by atoms with Crippen LogP contribution in [0.5, 0.6) is 0 Å². The Kier molecular flexibility index (Phi) is 5.51. The fraction of sp³-hybridized carbons (Fsp3) is 0.0476. The lowest BCUT2D eigenvalue weighted by molar-refractivity contribution is 1.08. The van der Waals surface area contributed by atoms with Gasteiger partial charge < -0.3 is 8.97 Å². The lowest BCUT2D eigenvalue weighted by Gasteiger charge is -2.13. The maximum absolute atomic E-state index is 4.00. The SMILES string of the molecule is C=CCC/C=c1/c2ccc3c(c4ccccc4n3-c3cccc(-c4ccccc4)c3)c2c2cccc3c4ccccc4n1c32. The molecule has 0 atom stereocenters. The second-order valence-corrected chi connectivity index (χ2v) is 11.7. The molecule has 0 bridgehead atoms. The Bertz CT molecular complexity index is 2610. The van der Waals surface area contributed by atoms with Crippen molar-refractivity contribution in [1.82, 2.24) is 8.97 Å². The number of para-hydroxylation sites is 3. The Hall–Kier alpha value is -5.60. The molecule has 9 aromatic rings. The van der Waals surface area contributed by atoms with Gasteiger partial charge in [0, 0.05) is 43.4 Å². The van der Waals surface area contributed by atoms with Gasteiger partial charge in [-0.25, -0.2) is 0 Å². The Morgan fingerprint density at radius 3 is 2.07 bits per heavy atom. The highest BCUT2D eigenvalue weighted by Crippen LogP contribution is 2.41. The van der Waals surface area contributed by atoms with E-state index in [-0.39, 0.29) is 0 Å². The van der Waals surface area contributed by atoms with E-state index in [0.717, 1.165) is 12.8 Å². The van der Waals surface area contributed by atoms with Crippen molar-refractivity contribution in [2.45, 2.75) is 12.8 Å². The molecule has 0 aliphatic rings. The first-order chi connectivity index (χ1) is 21.8. The zero-order valence-corrected chi connectivity index (χ0v) is 24.4. The average molecular weight is 563 g/mol. The maximum atomic E-state index is 4.00. The van der Waals surface area contributed by atoms with Crippen LogP contribution in [-0.2, 0) is 0 Å². The standard InChI is InChI=1S/C42H30N2/c1-2-3-5-22-38-34-25-26-39-41(40(34)35-21-13-20-32-31-18-8-10-23-36(31)44(38)42(32)35)33-19-9-11-24-37(33)43(39)30-17-12-16-29(27-30)28-14-6-4-7-15-28/h2,4,6-27H,1,3,5H2/b38-22-. The van der Waals surface area contributed by atoms with Crippen LogP contribution in [0, 0.1) is 0 Å². The van der Waals surface area contributed by atoms with Gasteiger partial charge in [-0.05, 0) is 54.3 Å². The zero-order chi connectivity index (χ0) is 29.2. The summed E-state index contributed by atoms with van der Waals surface area (Å²) >= 11 is 0. The topological polar surface area (TPSA) is 9.34 Å². The van der Waals surface area contributed by atoms with Crippen molar-refractivity contribution in [2.24, 2.45) is 0 Å². The molecule has 2 heteroatoms. The van der Waals surface area contributed by atoms with Crippen molar-refractivity contribution in [1.29, 1.82) is 0 Å². The average Bonchev–Trinajstić information content (AvgIpc) is 3.61. The van der Waals surface area contributed by atoms with Gasteiger partial charge in [0.05, 0.1) is 27.4 Å². The minimum Gasteiger partial charge on any atom is -0.309 e.